The number of carbonyl (C=O) groups is 1. The molecule has 54 heavy (non-hydrogen) atoms. The smallest absolute Gasteiger partial charge is 0.410 e. The molecular weight excluding hydrogens is 681 g/mol. The zero-order valence-corrected chi connectivity index (χ0v) is 34.0. The van der Waals surface area contributed by atoms with Crippen LogP contribution in [0.5, 0.6) is 0 Å². The molecule has 0 aliphatic heterocycles. The molecular formula is C44H76N4O6. The molecule has 0 aromatic heterocycles. The molecule has 1 aromatic carbocycles. The van der Waals surface area contributed by atoms with Crippen molar-refractivity contribution < 1.29 is 28.8 Å². The van der Waals surface area contributed by atoms with Gasteiger partial charge in [-0.2, -0.15) is 0 Å². The summed E-state index contributed by atoms with van der Waals surface area (Å²) in [6, 6.07) is 9.80. The lowest BCUT2D eigenvalue weighted by atomic mass is 9.43. The van der Waals surface area contributed by atoms with Gasteiger partial charge in [0.2, 0.25) is 0 Å². The number of fused-ring (bicyclic) bond motifs is 5. The Morgan fingerprint density at radius 1 is 0.852 bits per heavy atom. The second-order valence-corrected chi connectivity index (χ2v) is 17.7. The first-order valence-electron chi connectivity index (χ1n) is 21.7. The molecule has 0 saturated heterocycles. The number of rotatable bonds is 22. The number of nitrogens with two attached hydrogens (primary N) is 3. The van der Waals surface area contributed by atoms with E-state index in [1.54, 1.807) is 4.90 Å². The third-order valence-corrected chi connectivity index (χ3v) is 14.6. The number of ether oxygens (including phenoxy) is 4. The zero-order chi connectivity index (χ0) is 38.6. The van der Waals surface area contributed by atoms with Crippen LogP contribution in [0.15, 0.2) is 30.3 Å². The molecule has 7 N–H and O–H groups in total. The summed E-state index contributed by atoms with van der Waals surface area (Å²) in [5.41, 5.74) is 19.0. The van der Waals surface area contributed by atoms with E-state index in [9.17, 15) is 9.90 Å². The van der Waals surface area contributed by atoms with Gasteiger partial charge in [0.25, 0.3) is 0 Å². The monoisotopic (exact) mass is 757 g/mol. The van der Waals surface area contributed by atoms with Gasteiger partial charge in [-0.25, -0.2) is 4.79 Å². The van der Waals surface area contributed by atoms with Gasteiger partial charge in [0.1, 0.15) is 6.61 Å². The molecule has 308 valence electrons. The highest BCUT2D eigenvalue weighted by Gasteiger charge is 2.66. The topological polar surface area (TPSA) is 156 Å². The van der Waals surface area contributed by atoms with Crippen LogP contribution in [0.25, 0.3) is 0 Å². The second kappa shape index (κ2) is 21.1. The number of aliphatic hydroxyl groups excluding tert-OH is 1. The average Bonchev–Trinajstić information content (AvgIpc) is 3.54. The van der Waals surface area contributed by atoms with Crippen LogP contribution >= 0.6 is 0 Å². The van der Waals surface area contributed by atoms with Crippen LogP contribution in [0.3, 0.4) is 0 Å². The van der Waals surface area contributed by atoms with Crippen molar-refractivity contribution in [3.05, 3.63) is 35.9 Å². The molecule has 4 aliphatic rings. The minimum atomic E-state index is -0.305. The molecule has 0 unspecified atom stereocenters. The fourth-order valence-corrected chi connectivity index (χ4v) is 11.8. The van der Waals surface area contributed by atoms with Crippen LogP contribution in [-0.4, -0.2) is 93.6 Å². The van der Waals surface area contributed by atoms with E-state index >= 15 is 0 Å². The Morgan fingerprint density at radius 2 is 1.54 bits per heavy atom. The first-order valence-corrected chi connectivity index (χ1v) is 21.7. The Kier molecular flexibility index (Phi) is 16.9. The van der Waals surface area contributed by atoms with Crippen molar-refractivity contribution >= 4 is 6.09 Å². The van der Waals surface area contributed by atoms with Gasteiger partial charge in [0, 0.05) is 44.9 Å². The molecule has 1 amide bonds. The summed E-state index contributed by atoms with van der Waals surface area (Å²) in [5.74, 6) is 3.13. The van der Waals surface area contributed by atoms with E-state index in [2.05, 4.69) is 20.8 Å². The molecule has 0 heterocycles. The Morgan fingerprint density at radius 3 is 2.24 bits per heavy atom. The van der Waals surface area contributed by atoms with Crippen LogP contribution in [0.1, 0.15) is 110 Å². The molecule has 4 fully saturated rings. The minimum absolute atomic E-state index is 0.0293. The first kappa shape index (κ1) is 43.3. The molecule has 10 heteroatoms. The van der Waals surface area contributed by atoms with E-state index in [4.69, 9.17) is 36.1 Å². The maximum atomic E-state index is 13.2. The Balaban J connectivity index is 1.31. The maximum absolute atomic E-state index is 13.2. The van der Waals surface area contributed by atoms with Crippen molar-refractivity contribution in [1.29, 1.82) is 0 Å². The third-order valence-electron chi connectivity index (χ3n) is 14.6. The van der Waals surface area contributed by atoms with Crippen LogP contribution in [0.4, 0.5) is 4.79 Å². The van der Waals surface area contributed by atoms with E-state index in [-0.39, 0.29) is 42.3 Å². The molecule has 0 radical (unpaired) electrons. The van der Waals surface area contributed by atoms with Crippen LogP contribution in [-0.2, 0) is 25.6 Å². The van der Waals surface area contributed by atoms with Gasteiger partial charge in [0.15, 0.2) is 0 Å². The first-order chi connectivity index (χ1) is 26.2. The van der Waals surface area contributed by atoms with Gasteiger partial charge in [-0.1, -0.05) is 51.1 Å². The standard InChI is InChI=1S/C44H76N4O6/c1-32(12-7-22-48(23-11-24-49)42(50)54-31-33-13-5-4-6-14-33)36-15-16-37-41-38(30-40(44(36,37)3)53-27-10-21-47)43(2)18-17-35(51-25-8-19-45)28-34(43)29-39(41)52-26-9-20-46/h4-6,13-14,32,34-41,49H,7-12,15-31,45-47H2,1-3H3/t32-,34+,35-,36-,37+,38+,39-,40+,41+,43+,44-/m1/s1. The summed E-state index contributed by atoms with van der Waals surface area (Å²) in [5, 5.41) is 9.57. The average molecular weight is 757 g/mol. The fourth-order valence-electron chi connectivity index (χ4n) is 11.8. The molecule has 10 nitrogen and oxygen atoms in total. The molecule has 4 aliphatic carbocycles. The van der Waals surface area contributed by atoms with Gasteiger partial charge in [0.05, 0.1) is 18.3 Å². The molecule has 4 saturated carbocycles. The second-order valence-electron chi connectivity index (χ2n) is 17.7. The van der Waals surface area contributed by atoms with Crippen molar-refractivity contribution in [2.45, 2.75) is 129 Å². The molecule has 5 rings (SSSR count). The zero-order valence-electron chi connectivity index (χ0n) is 34.0. The predicted octanol–water partition coefficient (Wildman–Crippen LogP) is 6.50. The van der Waals surface area contributed by atoms with Crippen LogP contribution in [0, 0.1) is 46.3 Å². The molecule has 11 atom stereocenters. The van der Waals surface area contributed by atoms with Gasteiger partial charge in [-0.05, 0) is 150 Å². The Hall–Kier alpha value is -1.79. The molecule has 1 aromatic rings. The minimum Gasteiger partial charge on any atom is -0.445 e. The van der Waals surface area contributed by atoms with Gasteiger partial charge in [-0.15, -0.1) is 0 Å². The number of benzene rings is 1. The van der Waals surface area contributed by atoms with Crippen molar-refractivity contribution in [3.63, 3.8) is 0 Å². The van der Waals surface area contributed by atoms with E-state index in [1.165, 1.54) is 19.3 Å². The highest BCUT2D eigenvalue weighted by Crippen LogP contribution is 2.69. The normalized spacial score (nSPS) is 33.8. The van der Waals surface area contributed by atoms with Gasteiger partial charge >= 0.3 is 6.09 Å². The van der Waals surface area contributed by atoms with E-state index in [1.807, 2.05) is 30.3 Å². The SMILES string of the molecule is C[C@H](CCCN(CCCO)C(=O)OCc1ccccc1)[C@H]1CC[C@H]2[C@@H]3[C@H](OCCCN)C[C@@H]4C[C@H](OCCCN)CC[C@]4(C)[C@H]3C[C@H](OCCCN)[C@]12C. The summed E-state index contributed by atoms with van der Waals surface area (Å²) in [6.07, 6.45) is 13.6. The highest BCUT2D eigenvalue weighted by molar-refractivity contribution is 5.67. The quantitative estimate of drug-likeness (QED) is 0.0971. The Labute approximate surface area is 326 Å². The van der Waals surface area contributed by atoms with E-state index < -0.39 is 0 Å². The number of aliphatic hydroxyl groups is 1. The summed E-state index contributed by atoms with van der Waals surface area (Å²) in [4.78, 5) is 15.0. The number of carbonyl (C=O) groups excluding carboxylic acids is 1. The summed E-state index contributed by atoms with van der Waals surface area (Å²) >= 11 is 0. The summed E-state index contributed by atoms with van der Waals surface area (Å²) in [6.45, 7) is 13.2. The molecule has 0 spiro atoms. The number of amides is 1. The van der Waals surface area contributed by atoms with Crippen molar-refractivity contribution in [2.75, 3.05) is 59.2 Å². The lowest BCUT2D eigenvalue weighted by Gasteiger charge is -2.65. The van der Waals surface area contributed by atoms with Crippen molar-refractivity contribution in [1.82, 2.24) is 4.90 Å². The number of hydrogen-bond acceptors (Lipinski definition) is 9. The van der Waals surface area contributed by atoms with Gasteiger partial charge in [-0.3, -0.25) is 0 Å². The van der Waals surface area contributed by atoms with Crippen molar-refractivity contribution in [3.8, 4) is 0 Å². The lowest BCUT2D eigenvalue weighted by Crippen LogP contribution is -2.63. The number of nitrogens with zero attached hydrogens (tertiary/aromatic N) is 1. The molecule has 0 bridgehead atoms. The van der Waals surface area contributed by atoms with E-state index in [0.29, 0.717) is 87.4 Å². The van der Waals surface area contributed by atoms with Gasteiger partial charge < -0.3 is 46.2 Å². The summed E-state index contributed by atoms with van der Waals surface area (Å²) < 4.78 is 26.1. The largest absolute Gasteiger partial charge is 0.445 e. The van der Waals surface area contributed by atoms with Crippen molar-refractivity contribution in [2.24, 2.45) is 63.5 Å². The lowest BCUT2D eigenvalue weighted by molar-refractivity contribution is -0.227. The van der Waals surface area contributed by atoms with E-state index in [0.717, 1.165) is 76.6 Å². The number of hydrogen-bond donors (Lipinski definition) is 4. The van der Waals surface area contributed by atoms with Crippen LogP contribution in [0.2, 0.25) is 0 Å². The maximum Gasteiger partial charge on any atom is 0.410 e. The third kappa shape index (κ3) is 10.2. The fraction of sp³-hybridized carbons (Fsp3) is 0.841. The van der Waals surface area contributed by atoms with Crippen LogP contribution < -0.4 is 17.2 Å². The highest BCUT2D eigenvalue weighted by atomic mass is 16.6. The Bertz CT molecular complexity index is 1240. The predicted molar refractivity (Wildman–Crippen MR) is 215 cm³/mol. The summed E-state index contributed by atoms with van der Waals surface area (Å²) in [7, 11) is 0.